The molecule has 2 heterocycles. The first kappa shape index (κ1) is 17.5. The molecule has 1 amide bonds. The molecule has 126 valence electrons. The molecule has 0 unspecified atom stereocenters. The zero-order valence-electron chi connectivity index (χ0n) is 13.3. The van der Waals surface area contributed by atoms with Gasteiger partial charge in [0.1, 0.15) is 11.4 Å². The van der Waals surface area contributed by atoms with Gasteiger partial charge in [0.25, 0.3) is 0 Å². The van der Waals surface area contributed by atoms with Gasteiger partial charge in [0, 0.05) is 28.5 Å². The first-order valence-electron chi connectivity index (χ1n) is 7.62. The van der Waals surface area contributed by atoms with Crippen LogP contribution in [0.15, 0.2) is 10.7 Å². The van der Waals surface area contributed by atoms with Crippen LogP contribution in [0.4, 0.5) is 10.6 Å². The second-order valence-electron chi connectivity index (χ2n) is 7.31. The van der Waals surface area contributed by atoms with Crippen LogP contribution in [0, 0.1) is 0 Å². The molecular formula is C16H19Br2ClN2O2. The molecule has 1 aliphatic heterocycles. The standard InChI is InChI=1S/C16H19Br2ClN2O2/c1-15(2,3)23-14(22)21-8-16(5-4-9(17)6-16)11-12(19)10(18)7-20-13(11)21/h7,9H,4-6,8H2,1-3H3/t9-,16+/m1/s1. The van der Waals surface area contributed by atoms with Crippen molar-refractivity contribution in [3.05, 3.63) is 21.3 Å². The zero-order valence-corrected chi connectivity index (χ0v) is 17.3. The third kappa shape index (κ3) is 3.14. The van der Waals surface area contributed by atoms with Gasteiger partial charge in [0.05, 0.1) is 9.50 Å². The van der Waals surface area contributed by atoms with Crippen LogP contribution in [-0.4, -0.2) is 28.1 Å². The van der Waals surface area contributed by atoms with Crippen LogP contribution in [-0.2, 0) is 10.2 Å². The van der Waals surface area contributed by atoms with E-state index in [-0.39, 0.29) is 11.5 Å². The Hall–Kier alpha value is -0.330. The molecule has 2 aliphatic rings. The molecule has 1 saturated carbocycles. The van der Waals surface area contributed by atoms with Crippen LogP contribution in [0.3, 0.4) is 0 Å². The second kappa shape index (κ2) is 5.88. The normalized spacial score (nSPS) is 26.7. The number of halogens is 3. The van der Waals surface area contributed by atoms with E-state index < -0.39 is 5.60 Å². The molecule has 0 N–H and O–H groups in total. The van der Waals surface area contributed by atoms with Crippen LogP contribution >= 0.6 is 43.5 Å². The molecule has 1 fully saturated rings. The van der Waals surface area contributed by atoms with E-state index in [0.717, 1.165) is 29.3 Å². The fraction of sp³-hybridized carbons (Fsp3) is 0.625. The maximum atomic E-state index is 12.6. The van der Waals surface area contributed by atoms with Gasteiger partial charge in [-0.1, -0.05) is 27.5 Å². The van der Waals surface area contributed by atoms with Crippen molar-refractivity contribution in [2.45, 2.75) is 55.9 Å². The highest BCUT2D eigenvalue weighted by atomic mass is 79.9. The fourth-order valence-corrected chi connectivity index (χ4v) is 4.97. The van der Waals surface area contributed by atoms with E-state index >= 15 is 0 Å². The number of carbonyl (C=O) groups excluding carboxylic acids is 1. The molecule has 3 rings (SSSR count). The van der Waals surface area contributed by atoms with Gasteiger partial charge in [-0.3, -0.25) is 4.90 Å². The molecule has 0 bridgehead atoms. The highest BCUT2D eigenvalue weighted by Gasteiger charge is 2.51. The van der Waals surface area contributed by atoms with Gasteiger partial charge in [-0.25, -0.2) is 9.78 Å². The molecule has 0 aromatic carbocycles. The van der Waals surface area contributed by atoms with Crippen LogP contribution < -0.4 is 4.90 Å². The summed E-state index contributed by atoms with van der Waals surface area (Å²) in [7, 11) is 0. The van der Waals surface area contributed by atoms with Gasteiger partial charge < -0.3 is 4.74 Å². The number of nitrogens with zero attached hydrogens (tertiary/aromatic N) is 2. The molecule has 0 radical (unpaired) electrons. The predicted octanol–water partition coefficient (Wildman–Crippen LogP) is 5.44. The van der Waals surface area contributed by atoms with Gasteiger partial charge in [0.2, 0.25) is 0 Å². The summed E-state index contributed by atoms with van der Waals surface area (Å²) in [4.78, 5) is 19.2. The number of hydrogen-bond acceptors (Lipinski definition) is 3. The summed E-state index contributed by atoms with van der Waals surface area (Å²) < 4.78 is 6.32. The van der Waals surface area contributed by atoms with Crippen LogP contribution in [0.25, 0.3) is 0 Å². The molecule has 1 aliphatic carbocycles. The molecule has 1 aromatic rings. The highest BCUT2D eigenvalue weighted by Crippen LogP contribution is 2.54. The minimum atomic E-state index is -0.542. The number of hydrogen-bond donors (Lipinski definition) is 0. The Morgan fingerprint density at radius 3 is 2.78 bits per heavy atom. The summed E-state index contributed by atoms with van der Waals surface area (Å²) in [6.07, 6.45) is 4.27. The van der Waals surface area contributed by atoms with Gasteiger partial charge in [-0.05, 0) is 56.0 Å². The van der Waals surface area contributed by atoms with Crippen molar-refractivity contribution < 1.29 is 9.53 Å². The second-order valence-corrected chi connectivity index (χ2v) is 9.83. The number of pyridine rings is 1. The number of ether oxygens (including phenoxy) is 1. The maximum absolute atomic E-state index is 12.6. The Labute approximate surface area is 158 Å². The Balaban J connectivity index is 2.05. The van der Waals surface area contributed by atoms with E-state index in [4.69, 9.17) is 16.3 Å². The summed E-state index contributed by atoms with van der Waals surface area (Å²) in [6.45, 7) is 6.17. The van der Waals surface area contributed by atoms with E-state index in [1.165, 1.54) is 0 Å². The van der Waals surface area contributed by atoms with Crippen LogP contribution in [0.1, 0.15) is 45.6 Å². The average Bonchev–Trinajstić information content (AvgIpc) is 2.94. The number of rotatable bonds is 0. The summed E-state index contributed by atoms with van der Waals surface area (Å²) in [5, 5.41) is 0.655. The van der Waals surface area contributed by atoms with Crippen molar-refractivity contribution in [1.29, 1.82) is 0 Å². The Bertz CT molecular complexity index is 662. The third-order valence-electron chi connectivity index (χ3n) is 4.36. The third-order valence-corrected chi connectivity index (χ3v) is 6.37. The topological polar surface area (TPSA) is 42.4 Å². The minimum absolute atomic E-state index is 0.145. The molecule has 1 spiro atoms. The van der Waals surface area contributed by atoms with Crippen molar-refractivity contribution in [3.8, 4) is 0 Å². The van der Waals surface area contributed by atoms with E-state index in [9.17, 15) is 4.79 Å². The Morgan fingerprint density at radius 1 is 1.52 bits per heavy atom. The highest BCUT2D eigenvalue weighted by molar-refractivity contribution is 9.10. The monoisotopic (exact) mass is 464 g/mol. The van der Waals surface area contributed by atoms with Crippen molar-refractivity contribution >= 4 is 55.4 Å². The van der Waals surface area contributed by atoms with Crippen LogP contribution in [0.2, 0.25) is 5.02 Å². The number of aromatic nitrogens is 1. The predicted molar refractivity (Wildman–Crippen MR) is 98.8 cm³/mol. The summed E-state index contributed by atoms with van der Waals surface area (Å²) in [6, 6.07) is 0. The number of alkyl halides is 1. The van der Waals surface area contributed by atoms with E-state index in [1.807, 2.05) is 20.8 Å². The first-order chi connectivity index (χ1) is 10.6. The van der Waals surface area contributed by atoms with E-state index in [0.29, 0.717) is 22.2 Å². The fourth-order valence-electron chi connectivity index (χ4n) is 3.49. The molecule has 1 aromatic heterocycles. The van der Waals surface area contributed by atoms with Crippen molar-refractivity contribution in [3.63, 3.8) is 0 Å². The van der Waals surface area contributed by atoms with Crippen molar-refractivity contribution in [2.75, 3.05) is 11.4 Å². The largest absolute Gasteiger partial charge is 0.443 e. The average molecular weight is 467 g/mol. The Kier molecular flexibility index (Phi) is 4.47. The lowest BCUT2D eigenvalue weighted by Gasteiger charge is -2.27. The smallest absolute Gasteiger partial charge is 0.416 e. The number of fused-ring (bicyclic) bond motifs is 2. The molecule has 0 saturated heterocycles. The molecule has 4 nitrogen and oxygen atoms in total. The van der Waals surface area contributed by atoms with Gasteiger partial charge in [-0.15, -0.1) is 0 Å². The van der Waals surface area contributed by atoms with Crippen LogP contribution in [0.5, 0.6) is 0 Å². The van der Waals surface area contributed by atoms with E-state index in [2.05, 4.69) is 36.8 Å². The molecule has 2 atom stereocenters. The van der Waals surface area contributed by atoms with Gasteiger partial charge in [0.15, 0.2) is 0 Å². The first-order valence-corrected chi connectivity index (χ1v) is 9.71. The molecule has 7 heteroatoms. The lowest BCUT2D eigenvalue weighted by atomic mass is 9.81. The molecular weight excluding hydrogens is 447 g/mol. The Morgan fingerprint density at radius 2 is 2.22 bits per heavy atom. The zero-order chi connectivity index (χ0) is 17.0. The number of amides is 1. The SMILES string of the molecule is CC(C)(C)OC(=O)N1C[C@@]2(CC[C@@H](Br)C2)c2c1ncc(Br)c2Cl. The van der Waals surface area contributed by atoms with Crippen molar-refractivity contribution in [1.82, 2.24) is 4.98 Å². The lowest BCUT2D eigenvalue weighted by Crippen LogP contribution is -2.39. The molecule has 23 heavy (non-hydrogen) atoms. The van der Waals surface area contributed by atoms with Gasteiger partial charge >= 0.3 is 6.09 Å². The number of anilines is 1. The summed E-state index contributed by atoms with van der Waals surface area (Å²) >= 11 is 13.8. The van der Waals surface area contributed by atoms with E-state index in [1.54, 1.807) is 11.1 Å². The van der Waals surface area contributed by atoms with Crippen molar-refractivity contribution in [2.24, 2.45) is 0 Å². The van der Waals surface area contributed by atoms with Gasteiger partial charge in [-0.2, -0.15) is 0 Å². The lowest BCUT2D eigenvalue weighted by molar-refractivity contribution is 0.0577. The minimum Gasteiger partial charge on any atom is -0.443 e. The summed E-state index contributed by atoms with van der Waals surface area (Å²) in [5.41, 5.74) is 0.287. The number of carbonyl (C=O) groups is 1. The summed E-state index contributed by atoms with van der Waals surface area (Å²) in [5.74, 6) is 0.633. The maximum Gasteiger partial charge on any atom is 0.416 e. The quantitative estimate of drug-likeness (QED) is 0.479.